The molecule has 0 unspecified atom stereocenters. The average Bonchev–Trinajstić information content (AvgIpc) is 2.12. The van der Waals surface area contributed by atoms with E-state index in [0.717, 1.165) is 35.8 Å². The highest BCUT2D eigenvalue weighted by atomic mass is 35.5. The molecule has 0 aromatic heterocycles. The summed E-state index contributed by atoms with van der Waals surface area (Å²) in [5, 5.41) is 4.04. The molecule has 12 heavy (non-hydrogen) atoms. The van der Waals surface area contributed by atoms with Crippen LogP contribution in [-0.4, -0.2) is 6.54 Å². The molecule has 2 rings (SSSR count). The zero-order chi connectivity index (χ0) is 8.55. The molecule has 0 fully saturated rings. The maximum atomic E-state index is 6.00. The number of benzene rings is 1. The molecule has 64 valence electrons. The van der Waals surface area contributed by atoms with Crippen LogP contribution in [0.3, 0.4) is 0 Å². The van der Waals surface area contributed by atoms with Crippen LogP contribution in [0.15, 0.2) is 12.1 Å². The number of nitrogens with two attached hydrogens (primary N) is 1. The number of hydrogen-bond donors (Lipinski definition) is 2. The Balaban J connectivity index is 2.57. The van der Waals surface area contributed by atoms with Gasteiger partial charge >= 0.3 is 0 Å². The fourth-order valence-electron chi connectivity index (χ4n) is 1.57. The van der Waals surface area contributed by atoms with Gasteiger partial charge < -0.3 is 11.1 Å². The fourth-order valence-corrected chi connectivity index (χ4v) is 1.82. The third kappa shape index (κ3) is 1.12. The Bertz CT molecular complexity index is 279. The Morgan fingerprint density at radius 2 is 2.25 bits per heavy atom. The molecule has 0 saturated heterocycles. The van der Waals surface area contributed by atoms with Gasteiger partial charge in [-0.15, -0.1) is 0 Å². The maximum absolute atomic E-state index is 6.00. The minimum atomic E-state index is 0.777. The Morgan fingerprint density at radius 1 is 1.42 bits per heavy atom. The molecule has 0 atom stereocenters. The van der Waals surface area contributed by atoms with Gasteiger partial charge in [0.15, 0.2) is 0 Å². The first-order valence-electron chi connectivity index (χ1n) is 4.10. The van der Waals surface area contributed by atoms with Crippen molar-refractivity contribution in [2.75, 3.05) is 17.6 Å². The number of anilines is 2. The molecule has 0 spiro atoms. The van der Waals surface area contributed by atoms with Gasteiger partial charge in [0.2, 0.25) is 0 Å². The van der Waals surface area contributed by atoms with Crippen molar-refractivity contribution >= 4 is 23.0 Å². The van der Waals surface area contributed by atoms with Crippen LogP contribution >= 0.6 is 11.6 Å². The van der Waals surface area contributed by atoms with Crippen LogP contribution in [0, 0.1) is 0 Å². The van der Waals surface area contributed by atoms with Crippen molar-refractivity contribution in [2.24, 2.45) is 0 Å². The summed E-state index contributed by atoms with van der Waals surface area (Å²) in [5.74, 6) is 0. The van der Waals surface area contributed by atoms with Gasteiger partial charge in [0.1, 0.15) is 0 Å². The van der Waals surface area contributed by atoms with E-state index in [0.29, 0.717) is 0 Å². The van der Waals surface area contributed by atoms with E-state index in [4.69, 9.17) is 17.3 Å². The number of nitrogen functional groups attached to an aromatic ring is 1. The van der Waals surface area contributed by atoms with Gasteiger partial charge in [-0.05, 0) is 30.5 Å². The molecule has 1 aliphatic heterocycles. The lowest BCUT2D eigenvalue weighted by Gasteiger charge is -2.20. The Hall–Kier alpha value is -0.890. The van der Waals surface area contributed by atoms with Gasteiger partial charge in [0, 0.05) is 12.2 Å². The number of nitrogens with one attached hydrogen (secondary N) is 1. The third-order valence-electron chi connectivity index (χ3n) is 2.20. The van der Waals surface area contributed by atoms with Crippen molar-refractivity contribution in [1.82, 2.24) is 0 Å². The second-order valence-electron chi connectivity index (χ2n) is 3.02. The molecule has 0 amide bonds. The highest BCUT2D eigenvalue weighted by molar-refractivity contribution is 6.33. The van der Waals surface area contributed by atoms with Gasteiger partial charge in [0.05, 0.1) is 10.7 Å². The van der Waals surface area contributed by atoms with Gasteiger partial charge in [-0.1, -0.05) is 11.6 Å². The minimum absolute atomic E-state index is 0.777. The first kappa shape index (κ1) is 7.74. The van der Waals surface area contributed by atoms with Gasteiger partial charge in [0.25, 0.3) is 0 Å². The van der Waals surface area contributed by atoms with E-state index in [1.54, 1.807) is 0 Å². The SMILES string of the molecule is Nc1ccc(Cl)c2c1CCCN2. The number of hydrogen-bond acceptors (Lipinski definition) is 2. The first-order valence-corrected chi connectivity index (χ1v) is 4.47. The summed E-state index contributed by atoms with van der Waals surface area (Å²) < 4.78 is 0. The van der Waals surface area contributed by atoms with Crippen LogP contribution in [0.25, 0.3) is 0 Å². The summed E-state index contributed by atoms with van der Waals surface area (Å²) in [6.45, 7) is 0.996. The molecule has 1 aromatic carbocycles. The lowest BCUT2D eigenvalue weighted by atomic mass is 10.0. The Kier molecular flexibility index (Phi) is 1.85. The van der Waals surface area contributed by atoms with E-state index < -0.39 is 0 Å². The van der Waals surface area contributed by atoms with E-state index in [2.05, 4.69) is 5.32 Å². The highest BCUT2D eigenvalue weighted by Gasteiger charge is 2.13. The zero-order valence-corrected chi connectivity index (χ0v) is 7.49. The van der Waals surface area contributed by atoms with Gasteiger partial charge in [-0.2, -0.15) is 0 Å². The van der Waals surface area contributed by atoms with Crippen molar-refractivity contribution in [3.05, 3.63) is 22.7 Å². The van der Waals surface area contributed by atoms with Crippen molar-refractivity contribution in [2.45, 2.75) is 12.8 Å². The molecule has 0 radical (unpaired) electrons. The van der Waals surface area contributed by atoms with Gasteiger partial charge in [-0.3, -0.25) is 0 Å². The fraction of sp³-hybridized carbons (Fsp3) is 0.333. The predicted octanol–water partition coefficient (Wildman–Crippen LogP) is 2.28. The van der Waals surface area contributed by atoms with Crippen LogP contribution < -0.4 is 11.1 Å². The second kappa shape index (κ2) is 2.87. The summed E-state index contributed by atoms with van der Waals surface area (Å²) in [5.41, 5.74) is 8.87. The third-order valence-corrected chi connectivity index (χ3v) is 2.52. The second-order valence-corrected chi connectivity index (χ2v) is 3.43. The molecule has 1 heterocycles. The van der Waals surface area contributed by atoms with E-state index in [-0.39, 0.29) is 0 Å². The van der Waals surface area contributed by atoms with Crippen LogP contribution in [0.2, 0.25) is 5.02 Å². The van der Waals surface area contributed by atoms with Crippen LogP contribution in [0.4, 0.5) is 11.4 Å². The summed E-state index contributed by atoms with van der Waals surface area (Å²) >= 11 is 6.00. The van der Waals surface area contributed by atoms with E-state index in [1.165, 1.54) is 5.56 Å². The van der Waals surface area contributed by atoms with Gasteiger partial charge in [-0.25, -0.2) is 0 Å². The molecule has 3 heteroatoms. The molecular weight excluding hydrogens is 172 g/mol. The number of halogens is 1. The molecule has 2 nitrogen and oxygen atoms in total. The van der Waals surface area contributed by atoms with E-state index in [9.17, 15) is 0 Å². The molecule has 1 aromatic rings. The van der Waals surface area contributed by atoms with E-state index >= 15 is 0 Å². The predicted molar refractivity (Wildman–Crippen MR) is 52.7 cm³/mol. The van der Waals surface area contributed by atoms with Crippen LogP contribution in [0.1, 0.15) is 12.0 Å². The highest BCUT2D eigenvalue weighted by Crippen LogP contribution is 2.33. The monoisotopic (exact) mass is 182 g/mol. The van der Waals surface area contributed by atoms with E-state index in [1.807, 2.05) is 12.1 Å². The van der Waals surface area contributed by atoms with Crippen molar-refractivity contribution in [3.63, 3.8) is 0 Å². The quantitative estimate of drug-likeness (QED) is 0.605. The van der Waals surface area contributed by atoms with Crippen molar-refractivity contribution < 1.29 is 0 Å². The molecule has 0 aliphatic carbocycles. The number of rotatable bonds is 0. The smallest absolute Gasteiger partial charge is 0.0641 e. The average molecular weight is 183 g/mol. The summed E-state index contributed by atoms with van der Waals surface area (Å²) in [6, 6.07) is 3.71. The van der Waals surface area contributed by atoms with Crippen molar-refractivity contribution in [1.29, 1.82) is 0 Å². The Labute approximate surface area is 76.7 Å². The zero-order valence-electron chi connectivity index (χ0n) is 6.73. The molecule has 0 bridgehead atoms. The van der Waals surface area contributed by atoms with Crippen LogP contribution in [-0.2, 0) is 6.42 Å². The summed E-state index contributed by atoms with van der Waals surface area (Å²) in [7, 11) is 0. The number of fused-ring (bicyclic) bond motifs is 1. The van der Waals surface area contributed by atoms with Crippen molar-refractivity contribution in [3.8, 4) is 0 Å². The molecular formula is C9H11ClN2. The molecule has 0 saturated carbocycles. The lowest BCUT2D eigenvalue weighted by molar-refractivity contribution is 0.832. The van der Waals surface area contributed by atoms with Crippen LogP contribution in [0.5, 0.6) is 0 Å². The Morgan fingerprint density at radius 3 is 3.00 bits per heavy atom. The minimum Gasteiger partial charge on any atom is -0.398 e. The topological polar surface area (TPSA) is 38.0 Å². The largest absolute Gasteiger partial charge is 0.398 e. The summed E-state index contributed by atoms with van der Waals surface area (Å²) in [6.07, 6.45) is 2.17. The molecule has 1 aliphatic rings. The lowest BCUT2D eigenvalue weighted by Crippen LogP contribution is -2.13. The maximum Gasteiger partial charge on any atom is 0.0641 e. The normalized spacial score (nSPS) is 15.1. The summed E-state index contributed by atoms with van der Waals surface area (Å²) in [4.78, 5) is 0. The first-order chi connectivity index (χ1) is 5.79. The molecule has 3 N–H and O–H groups in total. The standard InChI is InChI=1S/C9H11ClN2/c10-7-3-4-8(11)6-2-1-5-12-9(6)7/h3-4,12H,1-2,5,11H2.